The predicted octanol–water partition coefficient (Wildman–Crippen LogP) is -18.7. The molecule has 2 fully saturated rings. The average molecular weight is 878 g/mol. The molecule has 4 heterocycles. The van der Waals surface area contributed by atoms with Gasteiger partial charge in [0.25, 0.3) is 42.4 Å². The summed E-state index contributed by atoms with van der Waals surface area (Å²) in [5.41, 5.74) is -3.89. The molecule has 0 aromatic carbocycles. The van der Waals surface area contributed by atoms with Crippen LogP contribution in [0.15, 0.2) is 43.7 Å². The van der Waals surface area contributed by atoms with Crippen LogP contribution >= 0.6 is 31.3 Å². The first kappa shape index (κ1) is 54.7. The van der Waals surface area contributed by atoms with Crippen molar-refractivity contribution in [3.05, 3.63) is 66.2 Å². The minimum absolute atomic E-state index is 0. The van der Waals surface area contributed by atoms with Gasteiger partial charge in [0.2, 0.25) is 0 Å². The molecule has 0 bridgehead atoms. The van der Waals surface area contributed by atoms with Crippen molar-refractivity contribution in [2.24, 2.45) is 0 Å². The van der Waals surface area contributed by atoms with Crippen molar-refractivity contribution in [2.45, 2.75) is 49.1 Å². The number of nitrogens with one attached hydrogen (secondary N) is 2. The third-order valence-electron chi connectivity index (χ3n) is 6.32. The molecule has 0 radical (unpaired) electrons. The fourth-order valence-corrected chi connectivity index (χ4v) is 8.97. The van der Waals surface area contributed by atoms with E-state index in [1.165, 1.54) is 0 Å². The van der Waals surface area contributed by atoms with Crippen LogP contribution in [-0.4, -0.2) is 89.4 Å². The second-order valence-electron chi connectivity index (χ2n) is 9.75. The molecular formula is C18H22N4Na4O23P4. The molecule has 12 atom stereocenters. The minimum Gasteiger partial charge on any atom is -0.756 e. The Bertz CT molecular complexity index is 1840. The van der Waals surface area contributed by atoms with E-state index < -0.39 is 116 Å². The number of aromatic amines is 2. The molecule has 12 unspecified atom stereocenters. The molecular weight excluding hydrogens is 856 g/mol. The van der Waals surface area contributed by atoms with Crippen molar-refractivity contribution in [3.8, 4) is 0 Å². The Hall–Kier alpha value is 1.68. The Morgan fingerprint density at radius 2 is 0.887 bits per heavy atom. The fourth-order valence-electron chi connectivity index (χ4n) is 4.22. The summed E-state index contributed by atoms with van der Waals surface area (Å²) in [5, 5.41) is 40.5. The summed E-state index contributed by atoms with van der Waals surface area (Å²) in [6.07, 6.45) is -13.2. The smallest absolute Gasteiger partial charge is 0.756 e. The Morgan fingerprint density at radius 1 is 0.585 bits per heavy atom. The zero-order chi connectivity index (χ0) is 36.7. The van der Waals surface area contributed by atoms with Gasteiger partial charge in [0.1, 0.15) is 36.6 Å². The largest absolute Gasteiger partial charge is 1.00 e. The van der Waals surface area contributed by atoms with Gasteiger partial charge in [-0.2, -0.15) is 0 Å². The number of aromatic nitrogens is 4. The van der Waals surface area contributed by atoms with Gasteiger partial charge in [0.05, 0.1) is 13.2 Å². The number of nitrogens with zero attached hydrogens (tertiary/aromatic N) is 2. The summed E-state index contributed by atoms with van der Waals surface area (Å²) in [5.74, 6) is 0. The van der Waals surface area contributed by atoms with Crippen molar-refractivity contribution in [2.75, 3.05) is 13.2 Å². The van der Waals surface area contributed by atoms with Crippen LogP contribution < -0.4 is 160 Å². The SMILES string of the molecule is O=c1ccn(C2OC(COP(=O)([O-])OP(=O)([O-])OP(=O)([O-])OP(=O)([O-])OCC3OC(n4ccc(=O)[nH]c4=O)C(O)C3O)C(O)C2O)c(=O)[nH]1.[Na+].[Na+].[Na+].[Na+]. The molecule has 2 aromatic rings. The Morgan fingerprint density at radius 3 is 1.19 bits per heavy atom. The van der Waals surface area contributed by atoms with E-state index in [0.29, 0.717) is 9.13 Å². The van der Waals surface area contributed by atoms with Crippen LogP contribution in [0.5, 0.6) is 0 Å². The first-order chi connectivity index (χ1) is 22.5. The minimum atomic E-state index is -6.64. The van der Waals surface area contributed by atoms with E-state index in [1.54, 1.807) is 0 Å². The number of H-pyrrole nitrogens is 2. The number of aliphatic hydroxyl groups excluding tert-OH is 4. The first-order valence-electron chi connectivity index (χ1n) is 12.8. The molecule has 2 aliphatic rings. The fraction of sp³-hybridized carbons (Fsp3) is 0.556. The van der Waals surface area contributed by atoms with Gasteiger partial charge in [0, 0.05) is 24.5 Å². The monoisotopic (exact) mass is 878 g/mol. The summed E-state index contributed by atoms with van der Waals surface area (Å²) >= 11 is 0. The molecule has 2 aromatic heterocycles. The summed E-state index contributed by atoms with van der Waals surface area (Å²) in [6, 6.07) is 1.68. The van der Waals surface area contributed by atoms with Gasteiger partial charge in [0.15, 0.2) is 12.5 Å². The number of aliphatic hydroxyl groups is 4. The summed E-state index contributed by atoms with van der Waals surface area (Å²) in [7, 11) is -25.6. The Balaban J connectivity index is 0.00000676. The number of phosphoric ester groups is 2. The van der Waals surface area contributed by atoms with Gasteiger partial charge in [-0.1, -0.05) is 0 Å². The van der Waals surface area contributed by atoms with E-state index in [1.807, 2.05) is 9.97 Å². The van der Waals surface area contributed by atoms with Crippen molar-refractivity contribution >= 4 is 31.3 Å². The van der Waals surface area contributed by atoms with Crippen LogP contribution in [0.25, 0.3) is 0 Å². The van der Waals surface area contributed by atoms with Gasteiger partial charge in [-0.25, -0.2) is 22.5 Å². The van der Waals surface area contributed by atoms with Gasteiger partial charge >= 0.3 is 130 Å². The number of phosphoric acid groups is 4. The molecule has 0 saturated carbocycles. The third-order valence-corrected chi connectivity index (χ3v) is 12.0. The van der Waals surface area contributed by atoms with Gasteiger partial charge in [-0.3, -0.25) is 47.0 Å². The molecule has 27 nitrogen and oxygen atoms in total. The normalized spacial score (nSPS) is 29.7. The van der Waals surface area contributed by atoms with E-state index in [2.05, 4.69) is 22.0 Å². The molecule has 2 saturated heterocycles. The molecule has 0 spiro atoms. The summed E-state index contributed by atoms with van der Waals surface area (Å²) < 4.78 is 78.3. The summed E-state index contributed by atoms with van der Waals surface area (Å²) in [6.45, 7) is -2.66. The molecule has 53 heavy (non-hydrogen) atoms. The number of rotatable bonds is 14. The second-order valence-corrected chi connectivity index (χ2v) is 15.8. The maximum Gasteiger partial charge on any atom is 1.00 e. The van der Waals surface area contributed by atoms with Gasteiger partial charge in [-0.15, -0.1) is 0 Å². The molecule has 4 rings (SSSR count). The molecule has 6 N–H and O–H groups in total. The number of hydrogen-bond acceptors (Lipinski definition) is 23. The van der Waals surface area contributed by atoms with E-state index in [9.17, 15) is 77.4 Å². The summed E-state index contributed by atoms with van der Waals surface area (Å²) in [4.78, 5) is 97.9. The van der Waals surface area contributed by atoms with E-state index in [-0.39, 0.29) is 118 Å². The topological polar surface area (TPSA) is 416 Å². The van der Waals surface area contributed by atoms with Crippen LogP contribution in [0.4, 0.5) is 0 Å². The van der Waals surface area contributed by atoms with Gasteiger partial charge in [-0.05, 0) is 0 Å². The van der Waals surface area contributed by atoms with Crippen LogP contribution in [0.3, 0.4) is 0 Å². The van der Waals surface area contributed by atoms with Crippen molar-refractivity contribution < 1.29 is 208 Å². The van der Waals surface area contributed by atoms with E-state index >= 15 is 0 Å². The number of ether oxygens (including phenoxy) is 2. The molecule has 276 valence electrons. The predicted molar refractivity (Wildman–Crippen MR) is 140 cm³/mol. The number of hydrogen-bond donors (Lipinski definition) is 6. The van der Waals surface area contributed by atoms with E-state index in [4.69, 9.17) is 9.47 Å². The Kier molecular flexibility index (Phi) is 22.5. The Labute approximate surface area is 382 Å². The van der Waals surface area contributed by atoms with Crippen molar-refractivity contribution in [3.63, 3.8) is 0 Å². The average Bonchev–Trinajstić information content (AvgIpc) is 3.38. The molecule has 0 aliphatic carbocycles. The third kappa shape index (κ3) is 15.0. The zero-order valence-corrected chi connectivity index (χ0v) is 39.1. The standard InChI is InChI=1S/C18H26N4O23P4.4Na/c23-9-1-3-21(17(29)19-9)15-13(27)11(25)7(41-15)5-39-46(31,32)43-48(35,36)45-49(37,38)44-47(33,34)40-6-8-12(26)14(28)16(42-8)22-4-2-10(24)20-18(22)30;;;;/h1-4,7-8,11-16,25-28H,5-6H2,(H,31,32)(H,33,34)(H,35,36)(H,37,38)(H,19,23,29)(H,20,24,30);;;;/q;4*+1/p-4. The van der Waals surface area contributed by atoms with Crippen LogP contribution in [-0.2, 0) is 49.7 Å². The van der Waals surface area contributed by atoms with Crippen LogP contribution in [0.1, 0.15) is 12.5 Å². The van der Waals surface area contributed by atoms with Crippen LogP contribution in [0.2, 0.25) is 0 Å². The van der Waals surface area contributed by atoms with Crippen molar-refractivity contribution in [1.29, 1.82) is 0 Å². The van der Waals surface area contributed by atoms with E-state index in [0.717, 1.165) is 24.5 Å². The van der Waals surface area contributed by atoms with Crippen LogP contribution in [0, 0.1) is 0 Å². The first-order valence-corrected chi connectivity index (χ1v) is 18.7. The maximum absolute atomic E-state index is 12.0. The van der Waals surface area contributed by atoms with Crippen molar-refractivity contribution in [1.82, 2.24) is 19.1 Å². The zero-order valence-electron chi connectivity index (χ0n) is 27.6. The quantitative estimate of drug-likeness (QED) is 0.0758. The molecule has 0 amide bonds. The van der Waals surface area contributed by atoms with Gasteiger partial charge < -0.3 is 58.5 Å². The maximum atomic E-state index is 12.0. The molecule has 35 heteroatoms. The second kappa shape index (κ2) is 21.8. The molecule has 2 aliphatic heterocycles.